The minimum Gasteiger partial charge on any atom is -0.339 e. The zero-order valence-electron chi connectivity index (χ0n) is 13.7. The Balaban J connectivity index is 1.62. The smallest absolute Gasteiger partial charge is 0.226 e. The summed E-state index contributed by atoms with van der Waals surface area (Å²) in [6.07, 6.45) is 4.95. The highest BCUT2D eigenvalue weighted by Gasteiger charge is 2.37. The quantitative estimate of drug-likeness (QED) is 0.794. The molecule has 0 spiro atoms. The van der Waals surface area contributed by atoms with E-state index >= 15 is 0 Å². The molecule has 4 nitrogen and oxygen atoms in total. The largest absolute Gasteiger partial charge is 0.339 e. The summed E-state index contributed by atoms with van der Waals surface area (Å²) in [5, 5.41) is 1.26. The lowest BCUT2D eigenvalue weighted by Gasteiger charge is -2.35. The van der Waals surface area contributed by atoms with Gasteiger partial charge in [0.25, 0.3) is 0 Å². The normalized spacial score (nSPS) is 24.5. The first-order valence-corrected chi connectivity index (χ1v) is 10.6. The summed E-state index contributed by atoms with van der Waals surface area (Å²) < 4.78 is 13.5. The minimum atomic E-state index is -0.915. The molecular formula is C17H22Cl2N2O2S. The molecule has 0 saturated carbocycles. The number of carbonyl (C=O) groups excluding carboxylic acids is 1. The number of halogens is 2. The van der Waals surface area contributed by atoms with Gasteiger partial charge >= 0.3 is 0 Å². The molecule has 0 radical (unpaired) electrons. The lowest BCUT2D eigenvalue weighted by atomic mass is 9.97. The van der Waals surface area contributed by atoms with Gasteiger partial charge in [0.05, 0.1) is 11.0 Å². The molecule has 7 heteroatoms. The van der Waals surface area contributed by atoms with Crippen LogP contribution in [0.15, 0.2) is 18.2 Å². The van der Waals surface area contributed by atoms with E-state index in [1.807, 2.05) is 27.4 Å². The second-order valence-corrected chi connectivity index (χ2v) is 8.68. The second kappa shape index (κ2) is 7.73. The molecule has 2 unspecified atom stereocenters. The molecular weight excluding hydrogens is 367 g/mol. The molecule has 3 rings (SSSR count). The van der Waals surface area contributed by atoms with Gasteiger partial charge in [-0.15, -0.1) is 0 Å². The van der Waals surface area contributed by atoms with Gasteiger partial charge in [-0.1, -0.05) is 29.3 Å². The van der Waals surface area contributed by atoms with Gasteiger partial charge < -0.3 is 4.90 Å². The number of piperidine rings is 1. The minimum absolute atomic E-state index is 0.0410. The first kappa shape index (κ1) is 18.2. The summed E-state index contributed by atoms with van der Waals surface area (Å²) in [6.45, 7) is 2.38. The van der Waals surface area contributed by atoms with Crippen LogP contribution in [0.2, 0.25) is 10.0 Å². The number of likely N-dealkylation sites (tertiary alicyclic amines) is 1. The van der Waals surface area contributed by atoms with Gasteiger partial charge in [0.1, 0.15) is 0 Å². The maximum absolute atomic E-state index is 12.8. The molecule has 2 heterocycles. The second-order valence-electron chi connectivity index (χ2n) is 6.51. The van der Waals surface area contributed by atoms with Crippen LogP contribution in [-0.2, 0) is 22.2 Å². The summed E-state index contributed by atoms with van der Waals surface area (Å²) >= 11 is 12.5. The van der Waals surface area contributed by atoms with Gasteiger partial charge in [-0.05, 0) is 43.4 Å². The molecule has 2 aliphatic heterocycles. The Morgan fingerprint density at radius 1 is 1.12 bits per heavy atom. The van der Waals surface area contributed by atoms with Crippen molar-refractivity contribution in [2.24, 2.45) is 5.92 Å². The zero-order chi connectivity index (χ0) is 17.3. The Hall–Kier alpha value is -0.620. The number of hydrogen-bond acceptors (Lipinski definition) is 2. The Morgan fingerprint density at radius 3 is 2.33 bits per heavy atom. The molecule has 2 saturated heterocycles. The molecule has 132 valence electrons. The fourth-order valence-corrected chi connectivity index (χ4v) is 4.98. The average Bonchev–Trinajstić information content (AvgIpc) is 2.92. The molecule has 24 heavy (non-hydrogen) atoms. The van der Waals surface area contributed by atoms with Crippen molar-refractivity contribution < 1.29 is 9.00 Å². The van der Waals surface area contributed by atoms with E-state index in [2.05, 4.69) is 0 Å². The first-order valence-electron chi connectivity index (χ1n) is 8.29. The fourth-order valence-electron chi connectivity index (χ4n) is 3.70. The topological polar surface area (TPSA) is 40.6 Å². The predicted octanol–water partition coefficient (Wildman–Crippen LogP) is 3.14. The van der Waals surface area contributed by atoms with Crippen LogP contribution in [0.4, 0.5) is 0 Å². The van der Waals surface area contributed by atoms with E-state index in [4.69, 9.17) is 23.2 Å². The third-order valence-electron chi connectivity index (χ3n) is 5.09. The maximum atomic E-state index is 12.8. The van der Waals surface area contributed by atoms with Crippen LogP contribution < -0.4 is 0 Å². The van der Waals surface area contributed by atoms with Gasteiger partial charge in [-0.3, -0.25) is 4.79 Å². The van der Waals surface area contributed by atoms with E-state index in [-0.39, 0.29) is 17.9 Å². The van der Waals surface area contributed by atoms with Crippen molar-refractivity contribution in [3.8, 4) is 0 Å². The lowest BCUT2D eigenvalue weighted by molar-refractivity contribution is -0.133. The molecule has 1 aromatic rings. The number of amides is 1. The number of nitrogens with zero attached hydrogens (tertiary/aromatic N) is 2. The summed E-state index contributed by atoms with van der Waals surface area (Å²) in [4.78, 5) is 14.8. The highest BCUT2D eigenvalue weighted by Crippen LogP contribution is 2.32. The predicted molar refractivity (Wildman–Crippen MR) is 98.6 cm³/mol. The van der Waals surface area contributed by atoms with Crippen molar-refractivity contribution in [2.75, 3.05) is 25.9 Å². The molecule has 1 amide bonds. The van der Waals surface area contributed by atoms with Gasteiger partial charge in [-0.2, -0.15) is 0 Å². The fraction of sp³-hybridized carbons (Fsp3) is 0.588. The van der Waals surface area contributed by atoms with Crippen molar-refractivity contribution in [3.63, 3.8) is 0 Å². The Kier molecular flexibility index (Phi) is 5.85. The SMILES string of the molecule is CS(=O)N1CCC(N2CCC(Cc3c(Cl)cccc3Cl)C2=O)CC1. The Bertz CT molecular complexity index is 627. The van der Waals surface area contributed by atoms with Gasteiger partial charge in [0, 0.05) is 47.9 Å². The molecule has 0 aromatic heterocycles. The van der Waals surface area contributed by atoms with Gasteiger partial charge in [0.15, 0.2) is 0 Å². The van der Waals surface area contributed by atoms with Crippen LogP contribution in [-0.4, -0.2) is 51.3 Å². The third kappa shape index (κ3) is 3.79. The van der Waals surface area contributed by atoms with Crippen LogP contribution >= 0.6 is 23.2 Å². The van der Waals surface area contributed by atoms with E-state index in [1.165, 1.54) is 0 Å². The third-order valence-corrected chi connectivity index (χ3v) is 6.89. The molecule has 0 N–H and O–H groups in total. The van der Waals surface area contributed by atoms with Crippen LogP contribution in [0.25, 0.3) is 0 Å². The maximum Gasteiger partial charge on any atom is 0.226 e. The zero-order valence-corrected chi connectivity index (χ0v) is 16.0. The van der Waals surface area contributed by atoms with E-state index in [1.54, 1.807) is 6.26 Å². The lowest BCUT2D eigenvalue weighted by Crippen LogP contribution is -2.46. The first-order chi connectivity index (χ1) is 11.5. The number of carbonyl (C=O) groups is 1. The molecule has 1 aromatic carbocycles. The summed E-state index contributed by atoms with van der Waals surface area (Å²) in [5.41, 5.74) is 0.872. The van der Waals surface area contributed by atoms with Gasteiger partial charge in [-0.25, -0.2) is 8.51 Å². The van der Waals surface area contributed by atoms with E-state index in [0.717, 1.165) is 44.5 Å². The molecule has 0 bridgehead atoms. The number of benzene rings is 1. The van der Waals surface area contributed by atoms with Crippen molar-refractivity contribution in [1.82, 2.24) is 9.21 Å². The van der Waals surface area contributed by atoms with E-state index < -0.39 is 11.0 Å². The van der Waals surface area contributed by atoms with Crippen LogP contribution in [0, 0.1) is 5.92 Å². The summed E-state index contributed by atoms with van der Waals surface area (Å²) in [5.74, 6) is 0.169. The Labute approximate surface area is 155 Å². The molecule has 2 atom stereocenters. The molecule has 2 aliphatic rings. The van der Waals surface area contributed by atoms with Crippen molar-refractivity contribution in [2.45, 2.75) is 31.7 Å². The van der Waals surface area contributed by atoms with Gasteiger partial charge in [0.2, 0.25) is 5.91 Å². The van der Waals surface area contributed by atoms with E-state index in [0.29, 0.717) is 16.5 Å². The number of hydrogen-bond donors (Lipinski definition) is 0. The van der Waals surface area contributed by atoms with Crippen molar-refractivity contribution in [1.29, 1.82) is 0 Å². The van der Waals surface area contributed by atoms with Crippen LogP contribution in [0.3, 0.4) is 0 Å². The van der Waals surface area contributed by atoms with Crippen LogP contribution in [0.5, 0.6) is 0 Å². The monoisotopic (exact) mass is 388 g/mol. The number of rotatable bonds is 4. The summed E-state index contributed by atoms with van der Waals surface area (Å²) in [6, 6.07) is 5.73. The van der Waals surface area contributed by atoms with Crippen molar-refractivity contribution in [3.05, 3.63) is 33.8 Å². The van der Waals surface area contributed by atoms with E-state index in [9.17, 15) is 9.00 Å². The van der Waals surface area contributed by atoms with Crippen molar-refractivity contribution >= 4 is 40.1 Å². The van der Waals surface area contributed by atoms with Crippen LogP contribution in [0.1, 0.15) is 24.8 Å². The highest BCUT2D eigenvalue weighted by atomic mass is 35.5. The summed E-state index contributed by atoms with van der Waals surface area (Å²) in [7, 11) is -0.915. The molecule has 2 fully saturated rings. The Morgan fingerprint density at radius 2 is 1.75 bits per heavy atom. The standard InChI is InChI=1S/C17H22Cl2N2O2S/c1-24(23)20-8-6-13(7-9-20)21-10-5-12(17(21)22)11-14-15(18)3-2-4-16(14)19/h2-4,12-13H,5-11H2,1H3. The molecule has 0 aliphatic carbocycles. The highest BCUT2D eigenvalue weighted by molar-refractivity contribution is 7.81. The average molecular weight is 389 g/mol.